The van der Waals surface area contributed by atoms with Crippen molar-refractivity contribution in [3.63, 3.8) is 0 Å². The van der Waals surface area contributed by atoms with Crippen LogP contribution in [-0.4, -0.2) is 32.3 Å². The Morgan fingerprint density at radius 2 is 2.23 bits per heavy atom. The smallest absolute Gasteiger partial charge is 0.273 e. The van der Waals surface area contributed by atoms with E-state index < -0.39 is 5.54 Å². The van der Waals surface area contributed by atoms with Crippen LogP contribution in [0.3, 0.4) is 0 Å². The van der Waals surface area contributed by atoms with Crippen LogP contribution < -0.4 is 5.56 Å². The molecule has 2 aromatic rings. The molecule has 3 rings (SSSR count). The van der Waals surface area contributed by atoms with E-state index in [1.807, 2.05) is 6.92 Å². The summed E-state index contributed by atoms with van der Waals surface area (Å²) in [7, 11) is 0. The van der Waals surface area contributed by atoms with Crippen LogP contribution in [0.2, 0.25) is 0 Å². The second-order valence-electron chi connectivity index (χ2n) is 5.78. The number of rotatable bonds is 2. The first kappa shape index (κ1) is 14.4. The number of nitrogens with one attached hydrogen (secondary N) is 1. The predicted molar refractivity (Wildman–Crippen MR) is 81.5 cm³/mol. The zero-order valence-corrected chi connectivity index (χ0v) is 12.7. The number of aromatic amines is 1. The van der Waals surface area contributed by atoms with Crippen molar-refractivity contribution in [1.82, 2.24) is 19.9 Å². The summed E-state index contributed by atoms with van der Waals surface area (Å²) in [4.78, 5) is 37.6. The third-order valence-electron chi connectivity index (χ3n) is 4.15. The first-order chi connectivity index (χ1) is 10.5. The molecular formula is C16H18N4O2. The molecule has 1 amide bonds. The fourth-order valence-electron chi connectivity index (χ4n) is 3.00. The van der Waals surface area contributed by atoms with Gasteiger partial charge in [0.05, 0.1) is 5.54 Å². The molecule has 1 atom stereocenters. The lowest BCUT2D eigenvalue weighted by molar-refractivity contribution is 0.0597. The van der Waals surface area contributed by atoms with Crippen molar-refractivity contribution in [1.29, 1.82) is 0 Å². The lowest BCUT2D eigenvalue weighted by atomic mass is 9.97. The zero-order valence-electron chi connectivity index (χ0n) is 12.7. The molecule has 1 saturated heterocycles. The molecule has 0 unspecified atom stereocenters. The maximum atomic E-state index is 12.7. The van der Waals surface area contributed by atoms with Gasteiger partial charge in [-0.15, -0.1) is 0 Å². The minimum absolute atomic E-state index is 0.134. The molecule has 6 nitrogen and oxygen atoms in total. The van der Waals surface area contributed by atoms with Gasteiger partial charge in [0.1, 0.15) is 11.5 Å². The van der Waals surface area contributed by atoms with E-state index in [2.05, 4.69) is 15.0 Å². The summed E-state index contributed by atoms with van der Waals surface area (Å²) in [6.45, 7) is 4.35. The number of aromatic nitrogens is 3. The van der Waals surface area contributed by atoms with Crippen molar-refractivity contribution in [3.05, 3.63) is 58.0 Å². The standard InChI is InChI=1S/C16H18N4O2/c1-11-10-13(21)19-15(18-11)16(2)7-5-9-20(16)14(22)12-6-3-4-8-17-12/h3-4,6,8,10H,5,7,9H2,1-2H3,(H,18,19,21)/t16-/m1/s1. The molecule has 2 aromatic heterocycles. The second kappa shape index (κ2) is 5.36. The summed E-state index contributed by atoms with van der Waals surface area (Å²) in [6.07, 6.45) is 3.23. The van der Waals surface area contributed by atoms with Crippen LogP contribution in [0.25, 0.3) is 0 Å². The fraction of sp³-hybridized carbons (Fsp3) is 0.375. The highest BCUT2D eigenvalue weighted by atomic mass is 16.2. The van der Waals surface area contributed by atoms with Gasteiger partial charge in [-0.1, -0.05) is 6.07 Å². The average Bonchev–Trinajstić information content (AvgIpc) is 2.90. The number of hydrogen-bond acceptors (Lipinski definition) is 4. The Hall–Kier alpha value is -2.50. The Bertz CT molecular complexity index is 756. The first-order valence-corrected chi connectivity index (χ1v) is 7.32. The van der Waals surface area contributed by atoms with Crippen molar-refractivity contribution >= 4 is 5.91 Å². The van der Waals surface area contributed by atoms with E-state index in [1.165, 1.54) is 6.07 Å². The van der Waals surface area contributed by atoms with Gasteiger partial charge in [0.2, 0.25) is 0 Å². The average molecular weight is 298 g/mol. The summed E-state index contributed by atoms with van der Waals surface area (Å²) >= 11 is 0. The number of H-pyrrole nitrogens is 1. The molecule has 0 saturated carbocycles. The van der Waals surface area contributed by atoms with E-state index in [-0.39, 0.29) is 11.5 Å². The first-order valence-electron chi connectivity index (χ1n) is 7.32. The molecule has 3 heterocycles. The van der Waals surface area contributed by atoms with Crippen LogP contribution in [0.15, 0.2) is 35.3 Å². The topological polar surface area (TPSA) is 79.0 Å². The number of nitrogens with zero attached hydrogens (tertiary/aromatic N) is 3. The van der Waals surface area contributed by atoms with Gasteiger partial charge in [0, 0.05) is 24.5 Å². The van der Waals surface area contributed by atoms with Gasteiger partial charge >= 0.3 is 0 Å². The molecule has 0 bridgehead atoms. The molecule has 1 fully saturated rings. The highest BCUT2D eigenvalue weighted by Gasteiger charge is 2.43. The minimum Gasteiger partial charge on any atom is -0.325 e. The van der Waals surface area contributed by atoms with Crippen LogP contribution in [-0.2, 0) is 5.54 Å². The van der Waals surface area contributed by atoms with E-state index >= 15 is 0 Å². The number of aryl methyl sites for hydroxylation is 1. The Balaban J connectivity index is 2.01. The second-order valence-corrected chi connectivity index (χ2v) is 5.78. The number of pyridine rings is 1. The van der Waals surface area contributed by atoms with Crippen LogP contribution in [0.4, 0.5) is 0 Å². The van der Waals surface area contributed by atoms with Gasteiger partial charge in [-0.25, -0.2) is 4.98 Å². The third kappa shape index (κ3) is 2.41. The molecule has 22 heavy (non-hydrogen) atoms. The van der Waals surface area contributed by atoms with Gasteiger partial charge in [-0.3, -0.25) is 14.6 Å². The summed E-state index contributed by atoms with van der Waals surface area (Å²) in [6, 6.07) is 6.72. The largest absolute Gasteiger partial charge is 0.325 e. The van der Waals surface area contributed by atoms with Crippen molar-refractivity contribution in [2.75, 3.05) is 6.54 Å². The van der Waals surface area contributed by atoms with Crippen molar-refractivity contribution in [2.24, 2.45) is 0 Å². The van der Waals surface area contributed by atoms with Gasteiger partial charge in [0.15, 0.2) is 0 Å². The number of likely N-dealkylation sites (tertiary alicyclic amines) is 1. The Kier molecular flexibility index (Phi) is 3.52. The van der Waals surface area contributed by atoms with Gasteiger partial charge in [-0.2, -0.15) is 0 Å². The monoisotopic (exact) mass is 298 g/mol. The molecule has 0 aromatic carbocycles. The van der Waals surface area contributed by atoms with E-state index in [4.69, 9.17) is 0 Å². The number of hydrogen-bond donors (Lipinski definition) is 1. The highest BCUT2D eigenvalue weighted by molar-refractivity contribution is 5.93. The molecule has 0 spiro atoms. The molecule has 1 N–H and O–H groups in total. The van der Waals surface area contributed by atoms with Crippen LogP contribution in [0, 0.1) is 6.92 Å². The molecular weight excluding hydrogens is 280 g/mol. The maximum Gasteiger partial charge on any atom is 0.273 e. The van der Waals surface area contributed by atoms with E-state index in [9.17, 15) is 9.59 Å². The van der Waals surface area contributed by atoms with E-state index in [1.54, 1.807) is 36.2 Å². The summed E-state index contributed by atoms with van der Waals surface area (Å²) in [5.41, 5.74) is 0.253. The number of amides is 1. The number of carbonyl (C=O) groups is 1. The van der Waals surface area contributed by atoms with E-state index in [0.717, 1.165) is 12.8 Å². The van der Waals surface area contributed by atoms with Gasteiger partial charge < -0.3 is 9.88 Å². The predicted octanol–water partition coefficient (Wildman–Crippen LogP) is 1.62. The minimum atomic E-state index is -0.611. The Morgan fingerprint density at radius 3 is 2.91 bits per heavy atom. The third-order valence-corrected chi connectivity index (χ3v) is 4.15. The lowest BCUT2D eigenvalue weighted by Gasteiger charge is -2.34. The Morgan fingerprint density at radius 1 is 1.41 bits per heavy atom. The lowest BCUT2D eigenvalue weighted by Crippen LogP contribution is -2.45. The molecule has 1 aliphatic rings. The zero-order chi connectivity index (χ0) is 15.7. The highest BCUT2D eigenvalue weighted by Crippen LogP contribution is 2.37. The van der Waals surface area contributed by atoms with Crippen LogP contribution >= 0.6 is 0 Å². The molecule has 0 radical (unpaired) electrons. The quantitative estimate of drug-likeness (QED) is 0.914. The Labute approximate surface area is 128 Å². The number of carbonyl (C=O) groups excluding carboxylic acids is 1. The van der Waals surface area contributed by atoms with Gasteiger partial charge in [-0.05, 0) is 38.8 Å². The molecule has 0 aliphatic carbocycles. The van der Waals surface area contributed by atoms with Crippen LogP contribution in [0.5, 0.6) is 0 Å². The maximum absolute atomic E-state index is 12.7. The summed E-state index contributed by atoms with van der Waals surface area (Å²) in [5, 5.41) is 0. The molecule has 1 aliphatic heterocycles. The van der Waals surface area contributed by atoms with Gasteiger partial charge in [0.25, 0.3) is 11.5 Å². The normalized spacial score (nSPS) is 21.1. The summed E-state index contributed by atoms with van der Waals surface area (Å²) < 4.78 is 0. The van der Waals surface area contributed by atoms with Crippen LogP contribution in [0.1, 0.15) is 41.8 Å². The molecule has 114 valence electrons. The van der Waals surface area contributed by atoms with Crippen molar-refractivity contribution in [2.45, 2.75) is 32.2 Å². The summed E-state index contributed by atoms with van der Waals surface area (Å²) in [5.74, 6) is 0.407. The SMILES string of the molecule is Cc1cc(=O)[nH]c([C@@]2(C)CCCN2C(=O)c2ccccn2)n1. The fourth-order valence-corrected chi connectivity index (χ4v) is 3.00. The van der Waals surface area contributed by atoms with E-state index in [0.29, 0.717) is 23.8 Å². The molecule has 6 heteroatoms. The van der Waals surface area contributed by atoms with Crippen molar-refractivity contribution in [3.8, 4) is 0 Å². The van der Waals surface area contributed by atoms with Crippen molar-refractivity contribution < 1.29 is 4.79 Å².